The molecule has 106 valence electrons. The summed E-state index contributed by atoms with van der Waals surface area (Å²) < 4.78 is 0.857. The smallest absolute Gasteiger partial charge is 0.257 e. The Bertz CT molecular complexity index is 830. The van der Waals surface area contributed by atoms with Crippen LogP contribution in [0.4, 0.5) is 5.13 Å². The van der Waals surface area contributed by atoms with Crippen LogP contribution in [0.5, 0.6) is 0 Å². The molecular formula is C14H7Cl3N2OS. The highest BCUT2D eigenvalue weighted by atomic mass is 35.5. The van der Waals surface area contributed by atoms with Crippen LogP contribution in [0, 0.1) is 0 Å². The van der Waals surface area contributed by atoms with Crippen molar-refractivity contribution in [1.82, 2.24) is 4.98 Å². The summed E-state index contributed by atoms with van der Waals surface area (Å²) in [4.78, 5) is 16.4. The second-order valence-corrected chi connectivity index (χ2v) is 6.44. The molecule has 0 aliphatic rings. The maximum atomic E-state index is 12.1. The number of hydrogen-bond acceptors (Lipinski definition) is 3. The number of nitrogens with one attached hydrogen (secondary N) is 1. The maximum Gasteiger partial charge on any atom is 0.257 e. The SMILES string of the molecule is O=C(Nc1nc2c(Cl)c(Cl)ccc2s1)c1ccc(Cl)cc1. The molecule has 1 amide bonds. The summed E-state index contributed by atoms with van der Waals surface area (Å²) in [6.45, 7) is 0. The first-order valence-electron chi connectivity index (χ1n) is 5.86. The lowest BCUT2D eigenvalue weighted by Crippen LogP contribution is -2.11. The molecule has 0 atom stereocenters. The van der Waals surface area contributed by atoms with Gasteiger partial charge < -0.3 is 0 Å². The van der Waals surface area contributed by atoms with Crippen LogP contribution < -0.4 is 5.32 Å². The molecule has 0 spiro atoms. The number of fused-ring (bicyclic) bond motifs is 1. The van der Waals surface area contributed by atoms with E-state index in [1.807, 2.05) is 6.07 Å². The van der Waals surface area contributed by atoms with E-state index in [9.17, 15) is 4.79 Å². The van der Waals surface area contributed by atoms with Gasteiger partial charge in [0.2, 0.25) is 0 Å². The fourth-order valence-electron chi connectivity index (χ4n) is 1.76. The molecule has 0 bridgehead atoms. The summed E-state index contributed by atoms with van der Waals surface area (Å²) in [5.41, 5.74) is 1.09. The third-order valence-electron chi connectivity index (χ3n) is 2.78. The third kappa shape index (κ3) is 2.99. The van der Waals surface area contributed by atoms with Gasteiger partial charge in [-0.1, -0.05) is 46.1 Å². The van der Waals surface area contributed by atoms with Crippen molar-refractivity contribution in [2.45, 2.75) is 0 Å². The Kier molecular flexibility index (Phi) is 4.04. The van der Waals surface area contributed by atoms with E-state index in [0.29, 0.717) is 31.3 Å². The molecule has 0 aliphatic heterocycles. The van der Waals surface area contributed by atoms with Crippen LogP contribution in [0.25, 0.3) is 10.2 Å². The van der Waals surface area contributed by atoms with E-state index in [1.165, 1.54) is 11.3 Å². The van der Waals surface area contributed by atoms with E-state index < -0.39 is 0 Å². The summed E-state index contributed by atoms with van der Waals surface area (Å²) in [5, 5.41) is 4.60. The number of thiazole rings is 1. The fourth-order valence-corrected chi connectivity index (χ4v) is 3.17. The topological polar surface area (TPSA) is 42.0 Å². The molecule has 1 heterocycles. The minimum Gasteiger partial charge on any atom is -0.298 e. The number of halogens is 3. The molecule has 0 fully saturated rings. The molecule has 3 nitrogen and oxygen atoms in total. The zero-order valence-electron chi connectivity index (χ0n) is 10.4. The van der Waals surface area contributed by atoms with Crippen molar-refractivity contribution in [2.24, 2.45) is 0 Å². The summed E-state index contributed by atoms with van der Waals surface area (Å²) in [6.07, 6.45) is 0. The molecule has 0 radical (unpaired) electrons. The first-order chi connectivity index (χ1) is 10.0. The largest absolute Gasteiger partial charge is 0.298 e. The minimum atomic E-state index is -0.257. The third-order valence-corrected chi connectivity index (χ3v) is 4.76. The van der Waals surface area contributed by atoms with E-state index in [1.54, 1.807) is 30.3 Å². The van der Waals surface area contributed by atoms with Crippen LogP contribution in [-0.4, -0.2) is 10.9 Å². The van der Waals surface area contributed by atoms with Crippen LogP contribution in [0.1, 0.15) is 10.4 Å². The van der Waals surface area contributed by atoms with Crippen LogP contribution in [0.15, 0.2) is 36.4 Å². The highest BCUT2D eigenvalue weighted by Gasteiger charge is 2.13. The van der Waals surface area contributed by atoms with Gasteiger partial charge in [-0.25, -0.2) is 4.98 Å². The van der Waals surface area contributed by atoms with E-state index in [0.717, 1.165) is 4.70 Å². The number of carbonyl (C=O) groups excluding carboxylic acids is 1. The van der Waals surface area contributed by atoms with Crippen molar-refractivity contribution in [3.63, 3.8) is 0 Å². The molecule has 1 N–H and O–H groups in total. The van der Waals surface area contributed by atoms with Crippen molar-refractivity contribution < 1.29 is 4.79 Å². The molecule has 1 aromatic heterocycles. The van der Waals surface area contributed by atoms with Gasteiger partial charge in [-0.15, -0.1) is 0 Å². The van der Waals surface area contributed by atoms with Crippen molar-refractivity contribution in [1.29, 1.82) is 0 Å². The average molecular weight is 358 g/mol. The highest BCUT2D eigenvalue weighted by molar-refractivity contribution is 7.22. The lowest BCUT2D eigenvalue weighted by Gasteiger charge is -2.01. The average Bonchev–Trinajstić information content (AvgIpc) is 2.87. The normalized spacial score (nSPS) is 10.8. The Morgan fingerprint density at radius 2 is 1.76 bits per heavy atom. The van der Waals surface area contributed by atoms with Gasteiger partial charge >= 0.3 is 0 Å². The van der Waals surface area contributed by atoms with Crippen molar-refractivity contribution in [3.8, 4) is 0 Å². The molecule has 3 aromatic rings. The molecule has 3 rings (SSSR count). The Morgan fingerprint density at radius 1 is 1.05 bits per heavy atom. The Hall–Kier alpha value is -1.33. The molecule has 7 heteroatoms. The first kappa shape index (κ1) is 14.6. The Labute approximate surface area is 139 Å². The van der Waals surface area contributed by atoms with Crippen molar-refractivity contribution >= 4 is 67.4 Å². The zero-order chi connectivity index (χ0) is 15.0. The second-order valence-electron chi connectivity index (χ2n) is 4.19. The molecule has 0 saturated carbocycles. The number of anilines is 1. The van der Waals surface area contributed by atoms with E-state index in [2.05, 4.69) is 10.3 Å². The van der Waals surface area contributed by atoms with Crippen LogP contribution in [-0.2, 0) is 0 Å². The summed E-state index contributed by atoms with van der Waals surface area (Å²) >= 11 is 19.2. The van der Waals surface area contributed by atoms with Gasteiger partial charge in [0.1, 0.15) is 5.52 Å². The zero-order valence-corrected chi connectivity index (χ0v) is 13.4. The number of carbonyl (C=O) groups is 1. The maximum absolute atomic E-state index is 12.1. The first-order valence-corrected chi connectivity index (χ1v) is 7.81. The van der Waals surface area contributed by atoms with Crippen LogP contribution >= 0.6 is 46.1 Å². The van der Waals surface area contributed by atoms with Crippen LogP contribution in [0.2, 0.25) is 15.1 Å². The summed E-state index contributed by atoms with van der Waals surface area (Å²) in [5.74, 6) is -0.257. The Balaban J connectivity index is 1.89. The van der Waals surface area contributed by atoms with Gasteiger partial charge in [0, 0.05) is 10.6 Å². The predicted molar refractivity (Wildman–Crippen MR) is 89.0 cm³/mol. The lowest BCUT2D eigenvalue weighted by atomic mass is 10.2. The van der Waals surface area contributed by atoms with Gasteiger partial charge in [-0.3, -0.25) is 10.1 Å². The standard InChI is InChI=1S/C14H7Cl3N2OS/c15-8-3-1-7(2-4-8)13(20)19-14-18-12-10(21-14)6-5-9(16)11(12)17/h1-6H,(H,18,19,20). The van der Waals surface area contributed by atoms with E-state index >= 15 is 0 Å². The number of amides is 1. The molecular weight excluding hydrogens is 351 g/mol. The number of rotatable bonds is 2. The minimum absolute atomic E-state index is 0.257. The number of nitrogens with zero attached hydrogens (tertiary/aromatic N) is 1. The molecule has 21 heavy (non-hydrogen) atoms. The van der Waals surface area contributed by atoms with Crippen LogP contribution in [0.3, 0.4) is 0 Å². The highest BCUT2D eigenvalue weighted by Crippen LogP contribution is 2.35. The second kappa shape index (κ2) is 5.81. The summed E-state index contributed by atoms with van der Waals surface area (Å²) in [7, 11) is 0. The van der Waals surface area contributed by atoms with E-state index in [-0.39, 0.29) is 5.91 Å². The molecule has 0 unspecified atom stereocenters. The van der Waals surface area contributed by atoms with Gasteiger partial charge in [-0.05, 0) is 36.4 Å². The fraction of sp³-hybridized carbons (Fsp3) is 0. The molecule has 0 aliphatic carbocycles. The van der Waals surface area contributed by atoms with Gasteiger partial charge in [0.25, 0.3) is 5.91 Å². The number of benzene rings is 2. The number of aromatic nitrogens is 1. The monoisotopic (exact) mass is 356 g/mol. The quantitative estimate of drug-likeness (QED) is 0.657. The molecule has 2 aromatic carbocycles. The van der Waals surface area contributed by atoms with Gasteiger partial charge in [0.15, 0.2) is 5.13 Å². The number of hydrogen-bond donors (Lipinski definition) is 1. The van der Waals surface area contributed by atoms with Crippen molar-refractivity contribution in [2.75, 3.05) is 5.32 Å². The van der Waals surface area contributed by atoms with Gasteiger partial charge in [0.05, 0.1) is 14.7 Å². The lowest BCUT2D eigenvalue weighted by molar-refractivity contribution is 0.102. The Morgan fingerprint density at radius 3 is 2.48 bits per heavy atom. The van der Waals surface area contributed by atoms with E-state index in [4.69, 9.17) is 34.8 Å². The van der Waals surface area contributed by atoms with Gasteiger partial charge in [-0.2, -0.15) is 0 Å². The predicted octanol–water partition coefficient (Wildman–Crippen LogP) is 5.51. The summed E-state index contributed by atoms with van der Waals surface area (Å²) in [6, 6.07) is 10.1. The van der Waals surface area contributed by atoms with Crippen molar-refractivity contribution in [3.05, 3.63) is 57.0 Å². The molecule has 0 saturated heterocycles.